The van der Waals surface area contributed by atoms with E-state index < -0.39 is 12.7 Å². The molecular formula is C18H14F3N5O2. The average molecular weight is 389 g/mol. The first-order valence-corrected chi connectivity index (χ1v) is 8.28. The number of aryl methyl sites for hydroxylation is 1. The van der Waals surface area contributed by atoms with Crippen LogP contribution in [0.5, 0.6) is 5.75 Å². The molecule has 0 spiro atoms. The molecule has 3 aromatic heterocycles. The van der Waals surface area contributed by atoms with E-state index in [1.165, 1.54) is 23.4 Å². The minimum Gasteiger partial charge on any atom is -0.506 e. The first kappa shape index (κ1) is 18.0. The number of hydrogen-bond donors (Lipinski definition) is 1. The van der Waals surface area contributed by atoms with E-state index in [4.69, 9.17) is 0 Å². The predicted molar refractivity (Wildman–Crippen MR) is 92.7 cm³/mol. The predicted octanol–water partition coefficient (Wildman–Crippen LogP) is 3.08. The van der Waals surface area contributed by atoms with Gasteiger partial charge in [-0.05, 0) is 25.1 Å². The minimum atomic E-state index is -4.40. The van der Waals surface area contributed by atoms with Gasteiger partial charge in [0.25, 0.3) is 5.91 Å². The second-order valence-electron chi connectivity index (χ2n) is 6.42. The molecule has 0 atom stereocenters. The number of aromatic nitrogens is 4. The molecule has 1 aliphatic rings. The Morgan fingerprint density at radius 3 is 2.75 bits per heavy atom. The Morgan fingerprint density at radius 1 is 1.25 bits per heavy atom. The number of nitrogens with zero attached hydrogens (tertiary/aromatic N) is 5. The number of anilines is 1. The van der Waals surface area contributed by atoms with Gasteiger partial charge in [-0.1, -0.05) is 0 Å². The molecule has 1 N–H and O–H groups in total. The molecule has 7 nitrogen and oxygen atoms in total. The highest BCUT2D eigenvalue weighted by atomic mass is 19.4. The molecule has 10 heteroatoms. The molecule has 1 amide bonds. The van der Waals surface area contributed by atoms with Gasteiger partial charge in [0.2, 0.25) is 0 Å². The fourth-order valence-electron chi connectivity index (χ4n) is 2.98. The molecule has 0 fully saturated rings. The van der Waals surface area contributed by atoms with Crippen LogP contribution in [0, 0.1) is 6.92 Å². The highest BCUT2D eigenvalue weighted by Gasteiger charge is 2.32. The third kappa shape index (κ3) is 3.28. The number of alkyl halides is 3. The lowest BCUT2D eigenvalue weighted by Crippen LogP contribution is -2.22. The summed E-state index contributed by atoms with van der Waals surface area (Å²) in [5.41, 5.74) is 2.74. The van der Waals surface area contributed by atoms with Crippen LogP contribution in [0.15, 0.2) is 36.8 Å². The standard InChI is InChI=1S/C18H14F3N5O2/c1-10-16(27)4-11(5-22-10)14-3-2-13-15(24-14)8-26(17(13)28)12-6-23-25(7-12)9-18(19,20)21/h2-7,27H,8-9H2,1H3. The van der Waals surface area contributed by atoms with Crippen molar-refractivity contribution in [2.75, 3.05) is 4.90 Å². The van der Waals surface area contributed by atoms with E-state index in [1.54, 1.807) is 25.3 Å². The van der Waals surface area contributed by atoms with Crippen LogP contribution >= 0.6 is 0 Å². The lowest BCUT2D eigenvalue weighted by molar-refractivity contribution is -0.142. The van der Waals surface area contributed by atoms with Gasteiger partial charge in [0.15, 0.2) is 0 Å². The van der Waals surface area contributed by atoms with Gasteiger partial charge in [-0.2, -0.15) is 18.3 Å². The maximum atomic E-state index is 12.6. The van der Waals surface area contributed by atoms with Crippen molar-refractivity contribution in [1.82, 2.24) is 19.7 Å². The molecule has 0 aromatic carbocycles. The average Bonchev–Trinajstić information content (AvgIpc) is 3.20. The van der Waals surface area contributed by atoms with Crippen LogP contribution in [0.1, 0.15) is 21.7 Å². The van der Waals surface area contributed by atoms with Crippen molar-refractivity contribution in [3.05, 3.63) is 53.7 Å². The van der Waals surface area contributed by atoms with E-state index in [-0.39, 0.29) is 23.9 Å². The topological polar surface area (TPSA) is 84.1 Å². The summed E-state index contributed by atoms with van der Waals surface area (Å²) in [6.45, 7) is 0.560. The van der Waals surface area contributed by atoms with Crippen molar-refractivity contribution in [3.8, 4) is 17.0 Å². The Morgan fingerprint density at radius 2 is 2.04 bits per heavy atom. The van der Waals surface area contributed by atoms with E-state index in [0.717, 1.165) is 4.68 Å². The molecule has 0 unspecified atom stereocenters. The second-order valence-corrected chi connectivity index (χ2v) is 6.42. The Kier molecular flexibility index (Phi) is 4.06. The SMILES string of the molecule is Cc1ncc(-c2ccc3c(n2)CN(c2cnn(CC(F)(F)F)c2)C3=O)cc1O. The van der Waals surface area contributed by atoms with Gasteiger partial charge in [0.05, 0.1) is 41.1 Å². The van der Waals surface area contributed by atoms with Crippen molar-refractivity contribution < 1.29 is 23.1 Å². The first-order valence-electron chi connectivity index (χ1n) is 8.28. The number of pyridine rings is 2. The Bertz CT molecular complexity index is 1080. The third-order valence-corrected chi connectivity index (χ3v) is 4.39. The summed E-state index contributed by atoms with van der Waals surface area (Å²) in [4.78, 5) is 22.5. The largest absolute Gasteiger partial charge is 0.506 e. The van der Waals surface area contributed by atoms with E-state index in [2.05, 4.69) is 15.1 Å². The zero-order valence-corrected chi connectivity index (χ0v) is 14.6. The maximum absolute atomic E-state index is 12.6. The van der Waals surface area contributed by atoms with E-state index in [9.17, 15) is 23.1 Å². The van der Waals surface area contributed by atoms with Gasteiger partial charge >= 0.3 is 6.18 Å². The molecular weight excluding hydrogens is 375 g/mol. The van der Waals surface area contributed by atoms with Crippen molar-refractivity contribution in [2.24, 2.45) is 0 Å². The van der Waals surface area contributed by atoms with Crippen molar-refractivity contribution >= 4 is 11.6 Å². The van der Waals surface area contributed by atoms with E-state index >= 15 is 0 Å². The molecule has 0 saturated heterocycles. The summed E-state index contributed by atoms with van der Waals surface area (Å²) >= 11 is 0. The highest BCUT2D eigenvalue weighted by molar-refractivity contribution is 6.09. The van der Waals surface area contributed by atoms with Crippen LogP contribution in [-0.4, -0.2) is 36.9 Å². The molecule has 144 valence electrons. The lowest BCUT2D eigenvalue weighted by atomic mass is 10.1. The lowest BCUT2D eigenvalue weighted by Gasteiger charge is -2.12. The van der Waals surface area contributed by atoms with Gasteiger partial charge in [-0.15, -0.1) is 0 Å². The number of rotatable bonds is 3. The molecule has 4 rings (SSSR count). The number of hydrogen-bond acceptors (Lipinski definition) is 5. The highest BCUT2D eigenvalue weighted by Crippen LogP contribution is 2.30. The van der Waals surface area contributed by atoms with Crippen molar-refractivity contribution in [1.29, 1.82) is 0 Å². The number of carbonyl (C=O) groups excluding carboxylic acids is 1. The number of aromatic hydroxyl groups is 1. The van der Waals surface area contributed by atoms with Crippen molar-refractivity contribution in [2.45, 2.75) is 26.2 Å². The number of halogens is 3. The van der Waals surface area contributed by atoms with Gasteiger partial charge in [0.1, 0.15) is 12.3 Å². The van der Waals surface area contributed by atoms with Gasteiger partial charge in [-0.25, -0.2) is 0 Å². The number of carbonyl (C=O) groups is 1. The molecule has 28 heavy (non-hydrogen) atoms. The number of fused-ring (bicyclic) bond motifs is 1. The summed E-state index contributed by atoms with van der Waals surface area (Å²) in [5.74, 6) is -0.319. The van der Waals surface area contributed by atoms with Crippen LogP contribution < -0.4 is 4.90 Å². The Balaban J connectivity index is 1.61. The number of amides is 1. The smallest absolute Gasteiger partial charge is 0.408 e. The molecule has 0 saturated carbocycles. The van der Waals surface area contributed by atoms with Crippen LogP contribution in [-0.2, 0) is 13.1 Å². The maximum Gasteiger partial charge on any atom is 0.408 e. The molecule has 4 heterocycles. The normalized spacial score (nSPS) is 13.9. The van der Waals surface area contributed by atoms with Crippen LogP contribution in [0.2, 0.25) is 0 Å². The molecule has 0 bridgehead atoms. The van der Waals surface area contributed by atoms with Crippen LogP contribution in [0.4, 0.5) is 18.9 Å². The van der Waals surface area contributed by atoms with Crippen molar-refractivity contribution in [3.63, 3.8) is 0 Å². The molecule has 0 aliphatic carbocycles. The minimum absolute atomic E-state index is 0.0366. The summed E-state index contributed by atoms with van der Waals surface area (Å²) < 4.78 is 38.3. The Labute approximate surface area is 157 Å². The summed E-state index contributed by atoms with van der Waals surface area (Å²) in [7, 11) is 0. The van der Waals surface area contributed by atoms with Gasteiger partial charge in [-0.3, -0.25) is 24.3 Å². The summed E-state index contributed by atoms with van der Waals surface area (Å²) in [6, 6.07) is 4.78. The fraction of sp³-hybridized carbons (Fsp3) is 0.222. The fourth-order valence-corrected chi connectivity index (χ4v) is 2.98. The third-order valence-electron chi connectivity index (χ3n) is 4.39. The quantitative estimate of drug-likeness (QED) is 0.744. The van der Waals surface area contributed by atoms with Gasteiger partial charge in [0, 0.05) is 18.0 Å². The molecule has 3 aromatic rings. The van der Waals surface area contributed by atoms with Gasteiger partial charge < -0.3 is 5.11 Å². The van der Waals surface area contributed by atoms with E-state index in [1.807, 2.05) is 0 Å². The summed E-state index contributed by atoms with van der Waals surface area (Å²) in [5, 5.41) is 13.5. The zero-order chi connectivity index (χ0) is 20.1. The molecule has 1 aliphatic heterocycles. The van der Waals surface area contributed by atoms with E-state index in [0.29, 0.717) is 28.2 Å². The van der Waals surface area contributed by atoms with Crippen LogP contribution in [0.25, 0.3) is 11.3 Å². The summed E-state index contributed by atoms with van der Waals surface area (Å²) in [6.07, 6.45) is -0.427. The Hall–Kier alpha value is -3.43. The zero-order valence-electron chi connectivity index (χ0n) is 14.6. The van der Waals surface area contributed by atoms with Crippen LogP contribution in [0.3, 0.4) is 0 Å². The molecule has 0 radical (unpaired) electrons. The monoisotopic (exact) mass is 389 g/mol. The first-order chi connectivity index (χ1) is 13.2. The second kappa shape index (κ2) is 6.32.